The first kappa shape index (κ1) is 33.0. The average molecular weight is 727 g/mol. The SMILES string of the molecule is c1ccc(C2c3ccc(-c4ccc(N(c5ccccc5)c5ccccc5)cc4)cc3-c3cc(-c4ccc5c(c4)c4ccccc4n5-c4ccccc4)ccc32)cc1. The molecule has 0 aliphatic heterocycles. The van der Waals surface area contributed by atoms with Gasteiger partial charge in [-0.25, -0.2) is 0 Å². The summed E-state index contributed by atoms with van der Waals surface area (Å²) < 4.78 is 2.38. The number of aromatic nitrogens is 1. The highest BCUT2D eigenvalue weighted by atomic mass is 15.1. The minimum Gasteiger partial charge on any atom is -0.311 e. The van der Waals surface area contributed by atoms with Crippen LogP contribution >= 0.6 is 0 Å². The van der Waals surface area contributed by atoms with Crippen molar-refractivity contribution in [3.8, 4) is 39.1 Å². The number of hydrogen-bond acceptors (Lipinski definition) is 1. The van der Waals surface area contributed by atoms with E-state index in [0.717, 1.165) is 17.1 Å². The van der Waals surface area contributed by atoms with Gasteiger partial charge in [0.25, 0.3) is 0 Å². The summed E-state index contributed by atoms with van der Waals surface area (Å²) in [6, 6.07) is 81.8. The van der Waals surface area contributed by atoms with E-state index in [-0.39, 0.29) is 5.92 Å². The van der Waals surface area contributed by atoms with E-state index < -0.39 is 0 Å². The second-order valence-electron chi connectivity index (χ2n) is 14.9. The second kappa shape index (κ2) is 13.7. The minimum atomic E-state index is 0.179. The Balaban J connectivity index is 1.01. The first-order valence-corrected chi connectivity index (χ1v) is 19.7. The third kappa shape index (κ3) is 5.65. The number of anilines is 3. The van der Waals surface area contributed by atoms with Gasteiger partial charge >= 0.3 is 0 Å². The van der Waals surface area contributed by atoms with Gasteiger partial charge < -0.3 is 9.47 Å². The quantitative estimate of drug-likeness (QED) is 0.159. The zero-order valence-corrected chi connectivity index (χ0v) is 31.3. The van der Waals surface area contributed by atoms with Crippen molar-refractivity contribution in [2.75, 3.05) is 4.90 Å². The molecule has 57 heavy (non-hydrogen) atoms. The summed E-state index contributed by atoms with van der Waals surface area (Å²) in [5.74, 6) is 0.179. The van der Waals surface area contributed by atoms with Crippen LogP contribution in [0.5, 0.6) is 0 Å². The monoisotopic (exact) mass is 726 g/mol. The van der Waals surface area contributed by atoms with Crippen LogP contribution in [0, 0.1) is 0 Å². The van der Waals surface area contributed by atoms with Crippen LogP contribution in [0.1, 0.15) is 22.6 Å². The van der Waals surface area contributed by atoms with Crippen molar-refractivity contribution in [3.63, 3.8) is 0 Å². The van der Waals surface area contributed by atoms with Gasteiger partial charge in [-0.3, -0.25) is 0 Å². The van der Waals surface area contributed by atoms with Crippen LogP contribution in [0.4, 0.5) is 17.1 Å². The van der Waals surface area contributed by atoms with E-state index in [1.165, 1.54) is 77.6 Å². The molecule has 9 aromatic carbocycles. The Labute approximate surface area is 333 Å². The first-order valence-electron chi connectivity index (χ1n) is 19.7. The maximum atomic E-state index is 2.43. The van der Waals surface area contributed by atoms with E-state index in [1.807, 2.05) is 0 Å². The number of benzene rings is 9. The lowest BCUT2D eigenvalue weighted by Crippen LogP contribution is -2.09. The summed E-state index contributed by atoms with van der Waals surface area (Å²) in [6.07, 6.45) is 0. The third-order valence-corrected chi connectivity index (χ3v) is 11.7. The number of para-hydroxylation sites is 4. The summed E-state index contributed by atoms with van der Waals surface area (Å²) in [5.41, 5.74) is 18.5. The van der Waals surface area contributed by atoms with Crippen LogP contribution in [-0.2, 0) is 0 Å². The molecule has 0 fully saturated rings. The van der Waals surface area contributed by atoms with Crippen molar-refractivity contribution < 1.29 is 0 Å². The van der Waals surface area contributed by atoms with Gasteiger partial charge in [0, 0.05) is 39.4 Å². The molecule has 0 radical (unpaired) electrons. The maximum absolute atomic E-state index is 2.43. The normalized spacial score (nSPS) is 13.1. The third-order valence-electron chi connectivity index (χ3n) is 11.7. The number of hydrogen-bond donors (Lipinski definition) is 0. The molecule has 0 bridgehead atoms. The maximum Gasteiger partial charge on any atom is 0.0541 e. The molecule has 10 aromatic rings. The predicted molar refractivity (Wildman–Crippen MR) is 239 cm³/mol. The Bertz CT molecular complexity index is 3000. The number of nitrogens with zero attached hydrogens (tertiary/aromatic N) is 2. The molecule has 1 unspecified atom stereocenters. The Kier molecular flexibility index (Phi) is 7.93. The fourth-order valence-corrected chi connectivity index (χ4v) is 9.03. The Morgan fingerprint density at radius 1 is 0.333 bits per heavy atom. The molecule has 1 aliphatic rings. The molecule has 2 nitrogen and oxygen atoms in total. The van der Waals surface area contributed by atoms with E-state index in [9.17, 15) is 0 Å². The minimum absolute atomic E-state index is 0.179. The molecule has 268 valence electrons. The molecule has 1 aliphatic carbocycles. The smallest absolute Gasteiger partial charge is 0.0541 e. The summed E-state index contributed by atoms with van der Waals surface area (Å²) in [5, 5.41) is 2.53. The highest BCUT2D eigenvalue weighted by Crippen LogP contribution is 2.50. The standard InChI is InChI=1S/C55H38N2/c1-5-15-39(16-6-1)55-48-32-27-40(38-25-30-46(31-26-38)56(43-17-7-2-8-18-43)44-19-9-3-10-20-44)35-50(48)51-36-41(28-33-49(51)55)42-29-34-54-52(37-42)47-23-13-14-24-53(47)57(54)45-21-11-4-12-22-45/h1-37,55H. The predicted octanol–water partition coefficient (Wildman–Crippen LogP) is 14.7. The average Bonchev–Trinajstić information content (AvgIpc) is 3.80. The highest BCUT2D eigenvalue weighted by molar-refractivity contribution is 6.10. The van der Waals surface area contributed by atoms with E-state index in [4.69, 9.17) is 0 Å². The molecular formula is C55H38N2. The molecule has 0 spiro atoms. The van der Waals surface area contributed by atoms with Gasteiger partial charge in [-0.05, 0) is 129 Å². The molecule has 0 saturated carbocycles. The summed E-state index contributed by atoms with van der Waals surface area (Å²) in [7, 11) is 0. The van der Waals surface area contributed by atoms with Gasteiger partial charge in [0.05, 0.1) is 11.0 Å². The van der Waals surface area contributed by atoms with Crippen LogP contribution in [-0.4, -0.2) is 4.57 Å². The fraction of sp³-hybridized carbons (Fsp3) is 0.0182. The lowest BCUT2D eigenvalue weighted by atomic mass is 9.88. The highest BCUT2D eigenvalue weighted by Gasteiger charge is 2.30. The van der Waals surface area contributed by atoms with Crippen molar-refractivity contribution in [2.45, 2.75) is 5.92 Å². The molecule has 0 saturated heterocycles. The zero-order valence-electron chi connectivity index (χ0n) is 31.3. The van der Waals surface area contributed by atoms with Crippen LogP contribution in [0.25, 0.3) is 60.9 Å². The van der Waals surface area contributed by atoms with Gasteiger partial charge in [-0.1, -0.05) is 146 Å². The summed E-state index contributed by atoms with van der Waals surface area (Å²) in [6.45, 7) is 0. The lowest BCUT2D eigenvalue weighted by molar-refractivity contribution is 1.02. The van der Waals surface area contributed by atoms with E-state index in [2.05, 4.69) is 234 Å². The summed E-state index contributed by atoms with van der Waals surface area (Å²) >= 11 is 0. The fourth-order valence-electron chi connectivity index (χ4n) is 9.03. The second-order valence-corrected chi connectivity index (χ2v) is 14.9. The van der Waals surface area contributed by atoms with Gasteiger partial charge in [0.2, 0.25) is 0 Å². The molecule has 1 aromatic heterocycles. The Morgan fingerprint density at radius 2 is 0.789 bits per heavy atom. The molecule has 2 heteroatoms. The van der Waals surface area contributed by atoms with Crippen LogP contribution in [0.2, 0.25) is 0 Å². The molecule has 11 rings (SSSR count). The van der Waals surface area contributed by atoms with Gasteiger partial charge in [0.1, 0.15) is 0 Å². The van der Waals surface area contributed by atoms with Crippen LogP contribution < -0.4 is 4.90 Å². The zero-order chi connectivity index (χ0) is 37.7. The van der Waals surface area contributed by atoms with E-state index >= 15 is 0 Å². The van der Waals surface area contributed by atoms with Crippen molar-refractivity contribution in [1.82, 2.24) is 4.57 Å². The lowest BCUT2D eigenvalue weighted by Gasteiger charge is -2.25. The Morgan fingerprint density at radius 3 is 1.42 bits per heavy atom. The van der Waals surface area contributed by atoms with E-state index in [0.29, 0.717) is 0 Å². The van der Waals surface area contributed by atoms with E-state index in [1.54, 1.807) is 0 Å². The van der Waals surface area contributed by atoms with Gasteiger partial charge in [0.15, 0.2) is 0 Å². The number of fused-ring (bicyclic) bond motifs is 6. The van der Waals surface area contributed by atoms with Crippen molar-refractivity contribution in [2.24, 2.45) is 0 Å². The van der Waals surface area contributed by atoms with Crippen molar-refractivity contribution in [3.05, 3.63) is 241 Å². The molecule has 0 N–H and O–H groups in total. The molecule has 0 amide bonds. The molecular weight excluding hydrogens is 689 g/mol. The number of rotatable bonds is 7. The topological polar surface area (TPSA) is 8.17 Å². The first-order chi connectivity index (χ1) is 28.3. The molecule has 1 heterocycles. The summed E-state index contributed by atoms with van der Waals surface area (Å²) in [4.78, 5) is 2.31. The van der Waals surface area contributed by atoms with Gasteiger partial charge in [-0.2, -0.15) is 0 Å². The largest absolute Gasteiger partial charge is 0.311 e. The molecule has 1 atom stereocenters. The van der Waals surface area contributed by atoms with Crippen molar-refractivity contribution in [1.29, 1.82) is 0 Å². The van der Waals surface area contributed by atoms with Gasteiger partial charge in [-0.15, -0.1) is 0 Å². The van der Waals surface area contributed by atoms with Crippen LogP contribution in [0.15, 0.2) is 224 Å². The van der Waals surface area contributed by atoms with Crippen molar-refractivity contribution >= 4 is 38.9 Å². The Hall–Kier alpha value is -7.42. The van der Waals surface area contributed by atoms with Crippen LogP contribution in [0.3, 0.4) is 0 Å².